The minimum absolute atomic E-state index is 0.179. The van der Waals surface area contributed by atoms with Crippen molar-refractivity contribution in [2.24, 2.45) is 0 Å². The maximum Gasteiger partial charge on any atom is 0.226 e. The summed E-state index contributed by atoms with van der Waals surface area (Å²) in [4.78, 5) is 10.5. The number of hydrogen-bond donors (Lipinski definition) is 0. The zero-order valence-electron chi connectivity index (χ0n) is 9.98. The lowest BCUT2D eigenvalue weighted by molar-refractivity contribution is -0.111. The van der Waals surface area contributed by atoms with E-state index < -0.39 is 5.24 Å². The van der Waals surface area contributed by atoms with Gasteiger partial charge in [0.15, 0.2) is 0 Å². The molecule has 0 aliphatic rings. The molecule has 0 aliphatic heterocycles. The smallest absolute Gasteiger partial charge is 0.226 e. The second-order valence-electron chi connectivity index (χ2n) is 2.28. The van der Waals surface area contributed by atoms with Crippen molar-refractivity contribution in [3.63, 3.8) is 0 Å². The second-order valence-corrected chi connectivity index (χ2v) is 3.52. The quantitative estimate of drug-likeness (QED) is 0.668. The van der Waals surface area contributed by atoms with Gasteiger partial charge in [-0.2, -0.15) is 0 Å². The van der Waals surface area contributed by atoms with Gasteiger partial charge in [-0.15, -0.1) is 0 Å². The highest BCUT2D eigenvalue weighted by atomic mass is 35.5. The van der Waals surface area contributed by atoms with Crippen LogP contribution < -0.4 is 0 Å². The molecule has 0 atom stereocenters. The van der Waals surface area contributed by atoms with Crippen molar-refractivity contribution in [1.29, 1.82) is 0 Å². The Balaban J connectivity index is 0. The summed E-state index contributed by atoms with van der Waals surface area (Å²) in [5.74, 6) is 0. The highest BCUT2D eigenvalue weighted by Gasteiger charge is 2.02. The van der Waals surface area contributed by atoms with Gasteiger partial charge in [-0.25, -0.2) is 0 Å². The maximum absolute atomic E-state index is 10.5. The third kappa shape index (κ3) is 7.98. The van der Waals surface area contributed by atoms with Crippen LogP contribution >= 0.6 is 34.8 Å². The predicted molar refractivity (Wildman–Crippen MR) is 73.7 cm³/mol. The van der Waals surface area contributed by atoms with Gasteiger partial charge in [0.1, 0.15) is 0 Å². The molecule has 0 fully saturated rings. The molecule has 0 heterocycles. The van der Waals surface area contributed by atoms with Gasteiger partial charge in [0.25, 0.3) is 0 Å². The number of halogens is 3. The molecule has 1 rings (SSSR count). The minimum atomic E-state index is -0.409. The first kappa shape index (κ1) is 18.1. The highest BCUT2D eigenvalue weighted by Crippen LogP contribution is 2.22. The predicted octanol–water partition coefficient (Wildman–Crippen LogP) is 5.35. The molecule has 4 heteroatoms. The van der Waals surface area contributed by atoms with Gasteiger partial charge in [0.2, 0.25) is 5.24 Å². The van der Waals surface area contributed by atoms with E-state index in [-0.39, 0.29) is 6.42 Å². The van der Waals surface area contributed by atoms with E-state index in [4.69, 9.17) is 34.8 Å². The molecule has 0 saturated heterocycles. The number of benzene rings is 1. The van der Waals surface area contributed by atoms with Crippen LogP contribution in [0.15, 0.2) is 18.2 Å². The van der Waals surface area contributed by atoms with Crippen LogP contribution in [0, 0.1) is 0 Å². The zero-order chi connectivity index (χ0) is 13.1. The molecule has 16 heavy (non-hydrogen) atoms. The lowest BCUT2D eigenvalue weighted by Crippen LogP contribution is -1.92. The van der Waals surface area contributed by atoms with Gasteiger partial charge < -0.3 is 0 Å². The summed E-state index contributed by atoms with van der Waals surface area (Å²) < 4.78 is 0. The van der Waals surface area contributed by atoms with E-state index in [1.165, 1.54) is 0 Å². The van der Waals surface area contributed by atoms with Crippen molar-refractivity contribution < 1.29 is 4.79 Å². The normalized spacial score (nSPS) is 8.19. The average Bonchev–Trinajstić information content (AvgIpc) is 2.28. The molecule has 1 nitrogen and oxygen atoms in total. The van der Waals surface area contributed by atoms with Crippen LogP contribution in [-0.2, 0) is 11.2 Å². The molecular formula is C12H17Cl3O. The molecule has 1 aromatic rings. The van der Waals surface area contributed by atoms with Crippen LogP contribution in [0.1, 0.15) is 33.3 Å². The lowest BCUT2D eigenvalue weighted by Gasteiger charge is -1.98. The topological polar surface area (TPSA) is 17.1 Å². The Morgan fingerprint density at radius 1 is 1.06 bits per heavy atom. The van der Waals surface area contributed by atoms with E-state index in [1.807, 2.05) is 27.7 Å². The monoisotopic (exact) mass is 282 g/mol. The molecule has 0 aromatic heterocycles. The number of hydrogen-bond acceptors (Lipinski definition) is 1. The first-order valence-electron chi connectivity index (χ1n) is 5.22. The van der Waals surface area contributed by atoms with Crippen LogP contribution in [0.5, 0.6) is 0 Å². The molecule has 1 aromatic carbocycles. The van der Waals surface area contributed by atoms with Crippen molar-refractivity contribution in [1.82, 2.24) is 0 Å². The average molecular weight is 284 g/mol. The Morgan fingerprint density at radius 2 is 1.56 bits per heavy atom. The molecular weight excluding hydrogens is 266 g/mol. The third-order valence-corrected chi connectivity index (χ3v) is 2.20. The molecule has 92 valence electrons. The van der Waals surface area contributed by atoms with Gasteiger partial charge in [0, 0.05) is 6.42 Å². The number of rotatable bonds is 2. The van der Waals surface area contributed by atoms with Crippen molar-refractivity contribution in [2.45, 2.75) is 34.1 Å². The van der Waals surface area contributed by atoms with Crippen molar-refractivity contribution >= 4 is 40.0 Å². The van der Waals surface area contributed by atoms with E-state index in [0.29, 0.717) is 10.0 Å². The van der Waals surface area contributed by atoms with E-state index in [9.17, 15) is 4.79 Å². The second kappa shape index (κ2) is 11.3. The van der Waals surface area contributed by atoms with E-state index in [1.54, 1.807) is 18.2 Å². The summed E-state index contributed by atoms with van der Waals surface area (Å²) in [6.07, 6.45) is 0.179. The van der Waals surface area contributed by atoms with Crippen molar-refractivity contribution in [3.8, 4) is 0 Å². The van der Waals surface area contributed by atoms with E-state index >= 15 is 0 Å². The third-order valence-electron chi connectivity index (χ3n) is 1.33. The van der Waals surface area contributed by atoms with Gasteiger partial charge >= 0.3 is 0 Å². The summed E-state index contributed by atoms with van der Waals surface area (Å²) in [7, 11) is 0. The Hall–Kier alpha value is -0.240. The maximum atomic E-state index is 10.5. The van der Waals surface area contributed by atoms with Crippen molar-refractivity contribution in [2.75, 3.05) is 0 Å². The van der Waals surface area contributed by atoms with Gasteiger partial charge in [-0.3, -0.25) is 4.79 Å². The molecule has 0 saturated carbocycles. The Labute approximate surface area is 113 Å². The summed E-state index contributed by atoms with van der Waals surface area (Å²) in [5.41, 5.74) is 0.768. The molecule has 0 aliphatic carbocycles. The molecule has 0 N–H and O–H groups in total. The summed E-state index contributed by atoms with van der Waals surface area (Å²) in [6.45, 7) is 8.00. The summed E-state index contributed by atoms with van der Waals surface area (Å²) in [5, 5.41) is 0.503. The fraction of sp³-hybridized carbons (Fsp3) is 0.417. The van der Waals surface area contributed by atoms with Crippen LogP contribution in [0.2, 0.25) is 10.0 Å². The summed E-state index contributed by atoms with van der Waals surface area (Å²) in [6, 6.07) is 4.98. The highest BCUT2D eigenvalue weighted by molar-refractivity contribution is 6.63. The minimum Gasteiger partial charge on any atom is -0.281 e. The fourth-order valence-corrected chi connectivity index (χ4v) is 1.29. The van der Waals surface area contributed by atoms with Crippen molar-refractivity contribution in [3.05, 3.63) is 33.8 Å². The molecule has 0 bridgehead atoms. The Kier molecular flexibility index (Phi) is 12.8. The Morgan fingerprint density at radius 3 is 1.94 bits per heavy atom. The van der Waals surface area contributed by atoms with E-state index in [0.717, 1.165) is 5.56 Å². The molecule has 0 amide bonds. The number of carbonyl (C=O) groups excluding carboxylic acids is 1. The van der Waals surface area contributed by atoms with Crippen LogP contribution in [-0.4, -0.2) is 5.24 Å². The first-order chi connectivity index (χ1) is 7.59. The lowest BCUT2D eigenvalue weighted by atomic mass is 10.2. The molecule has 0 spiro atoms. The van der Waals surface area contributed by atoms with Gasteiger partial charge in [-0.1, -0.05) is 57.0 Å². The Bertz CT molecular complexity index is 311. The first-order valence-corrected chi connectivity index (χ1v) is 6.35. The molecule has 0 unspecified atom stereocenters. The van der Waals surface area contributed by atoms with Gasteiger partial charge in [0.05, 0.1) is 10.0 Å². The van der Waals surface area contributed by atoms with E-state index in [2.05, 4.69) is 0 Å². The standard InChI is InChI=1S/C8H5Cl3O.2C2H6/c9-6-2-1-5(3-7(6)10)4-8(11)12;2*1-2/h1-3H,4H2;2*1-2H3. The number of carbonyl (C=O) groups is 1. The van der Waals surface area contributed by atoms with Crippen LogP contribution in [0.3, 0.4) is 0 Å². The van der Waals surface area contributed by atoms with Crippen LogP contribution in [0.4, 0.5) is 0 Å². The summed E-state index contributed by atoms with van der Waals surface area (Å²) >= 11 is 16.6. The SMILES string of the molecule is CC.CC.O=C(Cl)Cc1ccc(Cl)c(Cl)c1. The fourth-order valence-electron chi connectivity index (χ4n) is 0.810. The zero-order valence-corrected chi connectivity index (χ0v) is 12.2. The van der Waals surface area contributed by atoms with Crippen LogP contribution in [0.25, 0.3) is 0 Å². The molecule has 0 radical (unpaired) electrons. The largest absolute Gasteiger partial charge is 0.281 e. The van der Waals surface area contributed by atoms with Gasteiger partial charge in [-0.05, 0) is 29.3 Å².